The Morgan fingerprint density at radius 1 is 0.973 bits per heavy atom. The number of nitrogens with one attached hydrogen (secondary N) is 1. The number of carbonyl (C=O) groups excluding carboxylic acids is 1. The molecule has 186 valence electrons. The van der Waals surface area contributed by atoms with Crippen molar-refractivity contribution in [2.24, 2.45) is 16.1 Å². The Bertz CT molecular complexity index is 1450. The van der Waals surface area contributed by atoms with Crippen LogP contribution >= 0.6 is 0 Å². The maximum absolute atomic E-state index is 12.0. The molecule has 1 unspecified atom stereocenters. The topological polar surface area (TPSA) is 141 Å². The number of nitrogens with zero attached hydrogens (tertiary/aromatic N) is 2. The van der Waals surface area contributed by atoms with E-state index in [1.54, 1.807) is 48.5 Å². The fraction of sp³-hybridized carbons (Fsp3) is 0.103. The highest BCUT2D eigenvalue weighted by Crippen LogP contribution is 2.40. The van der Waals surface area contributed by atoms with Gasteiger partial charge in [0, 0.05) is 5.56 Å². The lowest BCUT2D eigenvalue weighted by atomic mass is 9.98. The molecule has 4 aromatic rings. The number of aliphatic hydroxyl groups is 1. The zero-order chi connectivity index (χ0) is 26.4. The van der Waals surface area contributed by atoms with Crippen LogP contribution in [0.2, 0.25) is 0 Å². The lowest BCUT2D eigenvalue weighted by Crippen LogP contribution is -2.05. The number of aliphatic hydroxyl groups excluding tert-OH is 1. The summed E-state index contributed by atoms with van der Waals surface area (Å²) in [6.45, 7) is 1.62. The van der Waals surface area contributed by atoms with Gasteiger partial charge in [-0.25, -0.2) is 5.53 Å². The SMILES string of the molecule is CC(=O)c1ccc(OCc2ccc(C(O)c3cccc(/C(N=N)=N/N)c3)cc2)c(-c2ccccc2)c1O. The number of hydrazone groups is 1. The summed E-state index contributed by atoms with van der Waals surface area (Å²) >= 11 is 0. The lowest BCUT2D eigenvalue weighted by Gasteiger charge is -2.16. The number of phenolic OH excluding ortho intramolecular Hbond substituents is 1. The predicted molar refractivity (Wildman–Crippen MR) is 141 cm³/mol. The van der Waals surface area contributed by atoms with Crippen molar-refractivity contribution in [3.8, 4) is 22.6 Å². The molecule has 0 aliphatic carbocycles. The van der Waals surface area contributed by atoms with E-state index in [0.29, 0.717) is 28.0 Å². The van der Waals surface area contributed by atoms with Crippen molar-refractivity contribution in [3.05, 3.63) is 119 Å². The zero-order valence-electron chi connectivity index (χ0n) is 20.1. The van der Waals surface area contributed by atoms with Gasteiger partial charge in [0.2, 0.25) is 0 Å². The zero-order valence-corrected chi connectivity index (χ0v) is 20.1. The monoisotopic (exact) mass is 494 g/mol. The van der Waals surface area contributed by atoms with E-state index < -0.39 is 6.10 Å². The molecule has 0 radical (unpaired) electrons. The maximum Gasteiger partial charge on any atom is 0.199 e. The summed E-state index contributed by atoms with van der Waals surface area (Å²) in [5.74, 6) is 5.45. The third-order valence-electron chi connectivity index (χ3n) is 5.96. The van der Waals surface area contributed by atoms with Gasteiger partial charge in [0.25, 0.3) is 0 Å². The van der Waals surface area contributed by atoms with Crippen LogP contribution in [0.5, 0.6) is 11.5 Å². The average molecular weight is 495 g/mol. The van der Waals surface area contributed by atoms with Gasteiger partial charge in [0.05, 0.1) is 11.1 Å². The van der Waals surface area contributed by atoms with E-state index in [9.17, 15) is 15.0 Å². The molecule has 0 saturated heterocycles. The molecule has 0 aliphatic rings. The van der Waals surface area contributed by atoms with Gasteiger partial charge in [-0.05, 0) is 47.4 Å². The molecular weight excluding hydrogens is 468 g/mol. The smallest absolute Gasteiger partial charge is 0.199 e. The molecule has 8 nitrogen and oxygen atoms in total. The quantitative estimate of drug-likeness (QED) is 0.0632. The van der Waals surface area contributed by atoms with Gasteiger partial charge in [0.1, 0.15) is 24.2 Å². The number of rotatable bonds is 8. The molecule has 0 spiro atoms. The summed E-state index contributed by atoms with van der Waals surface area (Å²) in [5.41, 5.74) is 11.3. The Morgan fingerprint density at radius 2 is 1.70 bits per heavy atom. The number of Topliss-reactive ketones (excluding diaryl/α,β-unsaturated/α-hetero) is 1. The molecule has 0 amide bonds. The first-order valence-corrected chi connectivity index (χ1v) is 11.5. The van der Waals surface area contributed by atoms with E-state index in [-0.39, 0.29) is 29.5 Å². The summed E-state index contributed by atoms with van der Waals surface area (Å²) in [5, 5.41) is 28.5. The highest BCUT2D eigenvalue weighted by molar-refractivity contribution is 6.00. The van der Waals surface area contributed by atoms with Crippen LogP contribution in [0.15, 0.2) is 101 Å². The summed E-state index contributed by atoms with van der Waals surface area (Å²) in [7, 11) is 0. The van der Waals surface area contributed by atoms with Gasteiger partial charge < -0.3 is 20.8 Å². The number of nitrogens with two attached hydrogens (primary N) is 1. The highest BCUT2D eigenvalue weighted by Gasteiger charge is 2.18. The fourth-order valence-electron chi connectivity index (χ4n) is 4.03. The van der Waals surface area contributed by atoms with Crippen LogP contribution in [0.3, 0.4) is 0 Å². The minimum atomic E-state index is -0.902. The Balaban J connectivity index is 1.54. The minimum Gasteiger partial charge on any atom is -0.506 e. The third kappa shape index (κ3) is 5.55. The largest absolute Gasteiger partial charge is 0.506 e. The van der Waals surface area contributed by atoms with Crippen LogP contribution in [0.1, 0.15) is 45.6 Å². The van der Waals surface area contributed by atoms with Crippen molar-refractivity contribution >= 4 is 11.6 Å². The van der Waals surface area contributed by atoms with Gasteiger partial charge in [-0.2, -0.15) is 5.10 Å². The summed E-state index contributed by atoms with van der Waals surface area (Å²) in [6, 6.07) is 26.7. The summed E-state index contributed by atoms with van der Waals surface area (Å²) < 4.78 is 6.06. The minimum absolute atomic E-state index is 0.0683. The maximum atomic E-state index is 12.0. The van der Waals surface area contributed by atoms with Gasteiger partial charge in [-0.15, -0.1) is 5.11 Å². The molecule has 37 heavy (non-hydrogen) atoms. The molecule has 0 bridgehead atoms. The molecule has 4 rings (SSSR count). The van der Waals surface area contributed by atoms with Crippen molar-refractivity contribution in [1.82, 2.24) is 0 Å². The van der Waals surface area contributed by atoms with Crippen LogP contribution in [-0.4, -0.2) is 21.8 Å². The van der Waals surface area contributed by atoms with E-state index in [0.717, 1.165) is 11.1 Å². The van der Waals surface area contributed by atoms with Crippen LogP contribution in [0.25, 0.3) is 11.1 Å². The molecule has 0 saturated carbocycles. The number of ketones is 1. The summed E-state index contributed by atoms with van der Waals surface area (Å²) in [4.78, 5) is 12.0. The molecule has 8 heteroatoms. The number of phenols is 1. The average Bonchev–Trinajstić information content (AvgIpc) is 2.93. The van der Waals surface area contributed by atoms with E-state index in [4.69, 9.17) is 16.1 Å². The van der Waals surface area contributed by atoms with Crippen LogP contribution < -0.4 is 10.6 Å². The van der Waals surface area contributed by atoms with E-state index >= 15 is 0 Å². The Hall–Kier alpha value is -4.82. The second kappa shape index (κ2) is 11.3. The molecule has 4 aromatic carbocycles. The molecule has 1 atom stereocenters. The number of benzene rings is 4. The molecule has 0 heterocycles. The second-order valence-electron chi connectivity index (χ2n) is 8.38. The number of ether oxygens (including phenoxy) is 1. The Kier molecular flexibility index (Phi) is 7.71. The predicted octanol–water partition coefficient (Wildman–Crippen LogP) is 5.57. The van der Waals surface area contributed by atoms with Gasteiger partial charge in [-0.1, -0.05) is 72.8 Å². The first-order valence-electron chi connectivity index (χ1n) is 11.5. The molecule has 0 aromatic heterocycles. The Morgan fingerprint density at radius 3 is 2.35 bits per heavy atom. The molecule has 0 aliphatic heterocycles. The molecular formula is C29H26N4O4. The highest BCUT2D eigenvalue weighted by atomic mass is 16.5. The van der Waals surface area contributed by atoms with E-state index in [1.165, 1.54) is 6.92 Å². The molecule has 0 fully saturated rings. The Labute approximate surface area is 214 Å². The third-order valence-corrected chi connectivity index (χ3v) is 5.96. The van der Waals surface area contributed by atoms with E-state index in [2.05, 4.69) is 10.2 Å². The van der Waals surface area contributed by atoms with Gasteiger partial charge >= 0.3 is 0 Å². The molecule has 5 N–H and O–H groups in total. The van der Waals surface area contributed by atoms with E-state index in [1.807, 2.05) is 42.5 Å². The number of hydrogen-bond acceptors (Lipinski definition) is 7. The summed E-state index contributed by atoms with van der Waals surface area (Å²) in [6.07, 6.45) is -0.902. The normalized spacial score (nSPS) is 12.1. The number of amidine groups is 1. The standard InChI is InChI=1S/C29H26N4O4/c1-18(34)24-14-15-25(26(28(24)36)20-6-3-2-4-7-20)37-17-19-10-12-21(13-11-19)27(35)22-8-5-9-23(16-22)29(32-30)33-31/h2-16,27,30,35-36H,17,31H2,1H3/b32-30?,33-29-. The fourth-order valence-corrected chi connectivity index (χ4v) is 4.03. The van der Waals surface area contributed by atoms with Gasteiger partial charge in [-0.3, -0.25) is 4.79 Å². The van der Waals surface area contributed by atoms with Crippen LogP contribution in [-0.2, 0) is 6.61 Å². The second-order valence-corrected chi connectivity index (χ2v) is 8.38. The van der Waals surface area contributed by atoms with Crippen LogP contribution in [0, 0.1) is 5.53 Å². The van der Waals surface area contributed by atoms with Gasteiger partial charge in [0.15, 0.2) is 11.6 Å². The lowest BCUT2D eigenvalue weighted by molar-refractivity contribution is 0.101. The van der Waals surface area contributed by atoms with Crippen LogP contribution in [0.4, 0.5) is 0 Å². The first kappa shape index (κ1) is 25.3. The van der Waals surface area contributed by atoms with Crippen molar-refractivity contribution < 1.29 is 19.7 Å². The number of carbonyl (C=O) groups is 1. The van der Waals surface area contributed by atoms with Crippen molar-refractivity contribution in [3.63, 3.8) is 0 Å². The number of hydrogen-bond donors (Lipinski definition) is 4. The van der Waals surface area contributed by atoms with Crippen molar-refractivity contribution in [2.45, 2.75) is 19.6 Å². The first-order chi connectivity index (χ1) is 17.9. The number of aromatic hydroxyl groups is 1. The van der Waals surface area contributed by atoms with Crippen molar-refractivity contribution in [1.29, 1.82) is 5.53 Å². The van der Waals surface area contributed by atoms with Crippen molar-refractivity contribution in [2.75, 3.05) is 0 Å².